The van der Waals surface area contributed by atoms with Crippen LogP contribution in [0.5, 0.6) is 0 Å². The molecule has 18 heavy (non-hydrogen) atoms. The Labute approximate surface area is 106 Å². The minimum absolute atomic E-state index is 0.105. The zero-order valence-corrected chi connectivity index (χ0v) is 10.7. The van der Waals surface area contributed by atoms with Crippen LogP contribution in [0.25, 0.3) is 0 Å². The Morgan fingerprint density at radius 3 is 2.61 bits per heavy atom. The number of amides is 2. The van der Waals surface area contributed by atoms with Gasteiger partial charge in [-0.1, -0.05) is 0 Å². The molecule has 1 saturated heterocycles. The van der Waals surface area contributed by atoms with E-state index in [0.717, 1.165) is 44.6 Å². The van der Waals surface area contributed by atoms with Gasteiger partial charge in [-0.05, 0) is 25.7 Å². The number of aryl methyl sites for hydroxylation is 1. The molecule has 1 aliphatic heterocycles. The number of hydrogen-bond acceptors (Lipinski definition) is 3. The van der Waals surface area contributed by atoms with Gasteiger partial charge in [-0.15, -0.1) is 10.2 Å². The second-order valence-electron chi connectivity index (χ2n) is 5.29. The molecule has 1 aromatic heterocycles. The standard InChI is InChI=1S/C12H19N5O/c1-16-8-13-15-11(16)9-4-6-17(7-5-9)12(18)14-10-2-3-10/h8-10H,2-7H2,1H3,(H,14,18). The Balaban J connectivity index is 1.54. The quantitative estimate of drug-likeness (QED) is 0.845. The van der Waals surface area contributed by atoms with Crippen molar-refractivity contribution in [1.29, 1.82) is 0 Å². The van der Waals surface area contributed by atoms with Crippen molar-refractivity contribution >= 4 is 6.03 Å². The highest BCUT2D eigenvalue weighted by molar-refractivity contribution is 5.75. The second-order valence-corrected chi connectivity index (χ2v) is 5.29. The van der Waals surface area contributed by atoms with Crippen molar-refractivity contribution in [3.05, 3.63) is 12.2 Å². The molecule has 0 atom stereocenters. The van der Waals surface area contributed by atoms with Gasteiger partial charge in [-0.3, -0.25) is 0 Å². The van der Waals surface area contributed by atoms with Gasteiger partial charge in [0.05, 0.1) is 0 Å². The van der Waals surface area contributed by atoms with Crippen LogP contribution < -0.4 is 5.32 Å². The summed E-state index contributed by atoms with van der Waals surface area (Å²) >= 11 is 0. The molecule has 3 rings (SSSR count). The molecule has 0 aromatic carbocycles. The summed E-state index contributed by atoms with van der Waals surface area (Å²) in [7, 11) is 1.97. The lowest BCUT2D eigenvalue weighted by Crippen LogP contribution is -2.45. The van der Waals surface area contributed by atoms with Gasteiger partial charge >= 0.3 is 6.03 Å². The lowest BCUT2D eigenvalue weighted by Gasteiger charge is -2.31. The fourth-order valence-electron chi connectivity index (χ4n) is 2.50. The first-order valence-electron chi connectivity index (χ1n) is 6.63. The average Bonchev–Trinajstić information content (AvgIpc) is 3.09. The van der Waals surface area contributed by atoms with Crippen LogP contribution in [0.1, 0.15) is 37.4 Å². The van der Waals surface area contributed by atoms with Crippen molar-refractivity contribution in [2.75, 3.05) is 13.1 Å². The molecule has 0 bridgehead atoms. The van der Waals surface area contributed by atoms with Crippen molar-refractivity contribution in [3.63, 3.8) is 0 Å². The lowest BCUT2D eigenvalue weighted by atomic mass is 9.96. The van der Waals surface area contributed by atoms with Gasteiger partial charge in [-0.2, -0.15) is 0 Å². The molecule has 1 aliphatic carbocycles. The average molecular weight is 249 g/mol. The number of hydrogen-bond donors (Lipinski definition) is 1. The summed E-state index contributed by atoms with van der Waals surface area (Å²) in [6, 6.07) is 0.544. The van der Waals surface area contributed by atoms with E-state index in [0.29, 0.717) is 12.0 Å². The zero-order valence-electron chi connectivity index (χ0n) is 10.7. The van der Waals surface area contributed by atoms with E-state index in [1.165, 1.54) is 0 Å². The molecule has 1 aromatic rings. The molecular formula is C12H19N5O. The van der Waals surface area contributed by atoms with Crippen LogP contribution in [0, 0.1) is 0 Å². The predicted octanol–water partition coefficient (Wildman–Crippen LogP) is 0.866. The summed E-state index contributed by atoms with van der Waals surface area (Å²) in [6.45, 7) is 1.63. The summed E-state index contributed by atoms with van der Waals surface area (Å²) in [4.78, 5) is 13.8. The molecule has 2 aliphatic rings. The summed E-state index contributed by atoms with van der Waals surface area (Å²) in [5.41, 5.74) is 0. The number of carbonyl (C=O) groups excluding carboxylic acids is 1. The largest absolute Gasteiger partial charge is 0.335 e. The molecular weight excluding hydrogens is 230 g/mol. The Morgan fingerprint density at radius 2 is 2.06 bits per heavy atom. The van der Waals surface area contributed by atoms with E-state index in [2.05, 4.69) is 15.5 Å². The van der Waals surface area contributed by atoms with Gasteiger partial charge in [0.1, 0.15) is 12.2 Å². The maximum atomic E-state index is 11.9. The van der Waals surface area contributed by atoms with Gasteiger partial charge in [-0.25, -0.2) is 4.79 Å². The van der Waals surface area contributed by atoms with E-state index < -0.39 is 0 Å². The number of nitrogens with zero attached hydrogens (tertiary/aromatic N) is 4. The first-order chi connectivity index (χ1) is 8.74. The van der Waals surface area contributed by atoms with Crippen LogP contribution in [0.3, 0.4) is 0 Å². The van der Waals surface area contributed by atoms with Crippen molar-refractivity contribution in [2.24, 2.45) is 7.05 Å². The summed E-state index contributed by atoms with van der Waals surface area (Å²) in [6.07, 6.45) is 5.97. The number of likely N-dealkylation sites (tertiary alicyclic amines) is 1. The van der Waals surface area contributed by atoms with Gasteiger partial charge in [0.15, 0.2) is 0 Å². The first-order valence-corrected chi connectivity index (χ1v) is 6.63. The molecule has 1 saturated carbocycles. The smallest absolute Gasteiger partial charge is 0.317 e. The number of piperidine rings is 1. The highest BCUT2D eigenvalue weighted by Crippen LogP contribution is 2.26. The van der Waals surface area contributed by atoms with E-state index in [9.17, 15) is 4.79 Å². The topological polar surface area (TPSA) is 63.1 Å². The maximum Gasteiger partial charge on any atom is 0.317 e. The molecule has 2 amide bonds. The van der Waals surface area contributed by atoms with Gasteiger partial charge in [0.25, 0.3) is 0 Å². The van der Waals surface area contributed by atoms with Crippen LogP contribution in [-0.4, -0.2) is 44.8 Å². The summed E-state index contributed by atoms with van der Waals surface area (Å²) in [5.74, 6) is 1.47. The molecule has 6 heteroatoms. The summed E-state index contributed by atoms with van der Waals surface area (Å²) < 4.78 is 1.98. The SMILES string of the molecule is Cn1cnnc1C1CCN(C(=O)NC2CC2)CC1. The zero-order chi connectivity index (χ0) is 12.5. The Hall–Kier alpha value is -1.59. The van der Waals surface area contributed by atoms with E-state index >= 15 is 0 Å². The van der Waals surface area contributed by atoms with E-state index in [1.807, 2.05) is 16.5 Å². The van der Waals surface area contributed by atoms with E-state index in [-0.39, 0.29) is 6.03 Å². The van der Waals surface area contributed by atoms with Crippen LogP contribution in [-0.2, 0) is 7.05 Å². The minimum atomic E-state index is 0.105. The Morgan fingerprint density at radius 1 is 1.33 bits per heavy atom. The third kappa shape index (κ3) is 2.32. The Bertz CT molecular complexity index is 431. The number of aromatic nitrogens is 3. The van der Waals surface area contributed by atoms with Crippen LogP contribution in [0.2, 0.25) is 0 Å². The number of nitrogens with one attached hydrogen (secondary N) is 1. The molecule has 0 spiro atoms. The predicted molar refractivity (Wildman–Crippen MR) is 66.1 cm³/mol. The third-order valence-corrected chi connectivity index (χ3v) is 3.80. The normalized spacial score (nSPS) is 21.1. The number of carbonyl (C=O) groups is 1. The summed E-state index contributed by atoms with van der Waals surface area (Å²) in [5, 5.41) is 11.1. The molecule has 0 unspecified atom stereocenters. The fourth-order valence-corrected chi connectivity index (χ4v) is 2.50. The van der Waals surface area contributed by atoms with Crippen LogP contribution in [0.15, 0.2) is 6.33 Å². The molecule has 2 fully saturated rings. The van der Waals surface area contributed by atoms with Crippen molar-refractivity contribution in [2.45, 2.75) is 37.6 Å². The Kier molecular flexibility index (Phi) is 2.93. The second kappa shape index (κ2) is 4.59. The maximum absolute atomic E-state index is 11.9. The minimum Gasteiger partial charge on any atom is -0.335 e. The molecule has 6 nitrogen and oxygen atoms in total. The van der Waals surface area contributed by atoms with Gasteiger partial charge < -0.3 is 14.8 Å². The van der Waals surface area contributed by atoms with Crippen LogP contribution >= 0.6 is 0 Å². The molecule has 1 N–H and O–H groups in total. The van der Waals surface area contributed by atoms with E-state index in [4.69, 9.17) is 0 Å². The third-order valence-electron chi connectivity index (χ3n) is 3.80. The molecule has 2 heterocycles. The fraction of sp³-hybridized carbons (Fsp3) is 0.750. The highest BCUT2D eigenvalue weighted by atomic mass is 16.2. The first kappa shape index (κ1) is 11.5. The molecule has 98 valence electrons. The van der Waals surface area contributed by atoms with Gasteiger partial charge in [0.2, 0.25) is 0 Å². The van der Waals surface area contributed by atoms with Crippen molar-refractivity contribution in [1.82, 2.24) is 25.0 Å². The highest BCUT2D eigenvalue weighted by Gasteiger charge is 2.29. The van der Waals surface area contributed by atoms with Crippen molar-refractivity contribution in [3.8, 4) is 0 Å². The van der Waals surface area contributed by atoms with E-state index in [1.54, 1.807) is 6.33 Å². The monoisotopic (exact) mass is 249 g/mol. The number of urea groups is 1. The number of rotatable bonds is 2. The van der Waals surface area contributed by atoms with Crippen molar-refractivity contribution < 1.29 is 4.79 Å². The van der Waals surface area contributed by atoms with Crippen LogP contribution in [0.4, 0.5) is 4.79 Å². The molecule has 0 radical (unpaired) electrons. The van der Waals surface area contributed by atoms with Gasteiger partial charge in [0, 0.05) is 32.1 Å². The lowest BCUT2D eigenvalue weighted by molar-refractivity contribution is 0.179.